The van der Waals surface area contributed by atoms with Crippen LogP contribution in [0.1, 0.15) is 36.2 Å². The molecule has 11 heteroatoms. The van der Waals surface area contributed by atoms with Crippen LogP contribution in [0.2, 0.25) is 0 Å². The van der Waals surface area contributed by atoms with Gasteiger partial charge in [-0.05, 0) is 37.8 Å². The maximum absolute atomic E-state index is 14.5. The van der Waals surface area contributed by atoms with Crippen LogP contribution >= 0.6 is 0 Å². The summed E-state index contributed by atoms with van der Waals surface area (Å²) >= 11 is 0. The quantitative estimate of drug-likeness (QED) is 0.439. The van der Waals surface area contributed by atoms with E-state index in [2.05, 4.69) is 40.8 Å². The molecular formula is C21H22FN9O. The number of amides is 1. The normalized spacial score (nSPS) is 18.6. The molecule has 3 N–H and O–H groups in total. The van der Waals surface area contributed by atoms with Gasteiger partial charge in [0.05, 0.1) is 12.5 Å². The third-order valence-corrected chi connectivity index (χ3v) is 5.59. The fraction of sp³-hybridized carbons (Fsp3) is 0.333. The Kier molecular flexibility index (Phi) is 5.21. The van der Waals surface area contributed by atoms with Gasteiger partial charge in [0.2, 0.25) is 0 Å². The number of nitrogens with one attached hydrogen (secondary N) is 3. The number of imidazole rings is 1. The Morgan fingerprint density at radius 3 is 2.97 bits per heavy atom. The zero-order valence-electron chi connectivity index (χ0n) is 17.4. The van der Waals surface area contributed by atoms with Crippen LogP contribution in [-0.2, 0) is 7.05 Å². The van der Waals surface area contributed by atoms with Crippen molar-refractivity contribution in [2.75, 3.05) is 5.32 Å². The van der Waals surface area contributed by atoms with Crippen molar-refractivity contribution in [3.05, 3.63) is 48.6 Å². The number of hydrogen-bond donors (Lipinski definition) is 3. The van der Waals surface area contributed by atoms with Crippen LogP contribution in [0.3, 0.4) is 0 Å². The van der Waals surface area contributed by atoms with Crippen molar-refractivity contribution in [2.45, 2.75) is 37.8 Å². The van der Waals surface area contributed by atoms with E-state index in [1.807, 2.05) is 13.1 Å². The number of aromatic amines is 1. The lowest BCUT2D eigenvalue weighted by Crippen LogP contribution is -2.42. The van der Waals surface area contributed by atoms with Crippen molar-refractivity contribution in [3.8, 4) is 11.5 Å². The summed E-state index contributed by atoms with van der Waals surface area (Å²) in [5, 5.41) is 14.0. The highest BCUT2D eigenvalue weighted by Crippen LogP contribution is 2.26. The van der Waals surface area contributed by atoms with E-state index in [9.17, 15) is 9.18 Å². The van der Waals surface area contributed by atoms with Crippen molar-refractivity contribution in [3.63, 3.8) is 0 Å². The van der Waals surface area contributed by atoms with Gasteiger partial charge >= 0.3 is 0 Å². The molecule has 0 aliphatic heterocycles. The molecule has 1 fully saturated rings. The lowest BCUT2D eigenvalue weighted by atomic mass is 9.91. The van der Waals surface area contributed by atoms with E-state index < -0.39 is 5.82 Å². The van der Waals surface area contributed by atoms with Gasteiger partial charge in [0.1, 0.15) is 11.4 Å². The summed E-state index contributed by atoms with van der Waals surface area (Å²) in [5.41, 5.74) is 1.51. The number of pyridine rings is 1. The second-order valence-electron chi connectivity index (χ2n) is 7.97. The zero-order chi connectivity index (χ0) is 22.1. The monoisotopic (exact) mass is 435 g/mol. The Morgan fingerprint density at radius 1 is 1.25 bits per heavy atom. The lowest BCUT2D eigenvalue weighted by molar-refractivity contribution is 0.0921. The molecule has 2 atom stereocenters. The molecule has 5 rings (SSSR count). The largest absolute Gasteiger partial charge is 0.365 e. The molecule has 0 spiro atoms. The summed E-state index contributed by atoms with van der Waals surface area (Å²) in [6.45, 7) is 0. The molecule has 0 saturated heterocycles. The van der Waals surface area contributed by atoms with Gasteiger partial charge in [-0.3, -0.25) is 9.89 Å². The number of rotatable bonds is 5. The molecule has 0 aromatic carbocycles. The first-order valence-electron chi connectivity index (χ1n) is 10.4. The molecule has 0 bridgehead atoms. The molecule has 4 aromatic heterocycles. The lowest BCUT2D eigenvalue weighted by Gasteiger charge is -2.30. The van der Waals surface area contributed by atoms with Gasteiger partial charge in [-0.25, -0.2) is 24.3 Å². The number of aryl methyl sites for hydroxylation is 1. The van der Waals surface area contributed by atoms with E-state index in [4.69, 9.17) is 0 Å². The number of carbonyl (C=O) groups excluding carboxylic acids is 1. The maximum Gasteiger partial charge on any atom is 0.271 e. The molecule has 2 unspecified atom stereocenters. The highest BCUT2D eigenvalue weighted by molar-refractivity contribution is 5.92. The first kappa shape index (κ1) is 20.0. The van der Waals surface area contributed by atoms with Crippen molar-refractivity contribution < 1.29 is 9.18 Å². The van der Waals surface area contributed by atoms with Crippen LogP contribution in [-0.4, -0.2) is 52.7 Å². The standard InChI is InChI=1S/C21H22FN9O/c1-31-10-16(25-11-31)21(32)27-13-5-2-4-12(8-13)26-19-15(22)9-24-20(28-19)17-14-6-3-7-23-18(14)30-29-17/h3,6-7,9-13H,2,4-5,8H2,1H3,(H,27,32)(H,23,29,30)(H,24,26,28). The molecule has 1 amide bonds. The van der Waals surface area contributed by atoms with Gasteiger partial charge in [0.25, 0.3) is 5.91 Å². The average molecular weight is 435 g/mol. The van der Waals surface area contributed by atoms with E-state index in [1.165, 1.54) is 0 Å². The molecule has 10 nitrogen and oxygen atoms in total. The molecule has 4 aromatic rings. The number of hydrogen-bond acceptors (Lipinski definition) is 7. The molecule has 1 aliphatic carbocycles. The summed E-state index contributed by atoms with van der Waals surface area (Å²) in [4.78, 5) is 29.2. The maximum atomic E-state index is 14.5. The second kappa shape index (κ2) is 8.33. The molecule has 1 aliphatic rings. The molecule has 164 valence electrons. The third-order valence-electron chi connectivity index (χ3n) is 5.59. The van der Waals surface area contributed by atoms with Crippen molar-refractivity contribution >= 4 is 22.8 Å². The Balaban J connectivity index is 1.30. The van der Waals surface area contributed by atoms with Crippen LogP contribution in [0, 0.1) is 5.82 Å². The summed E-state index contributed by atoms with van der Waals surface area (Å²) in [6.07, 6.45) is 9.35. The Labute approximate surface area is 182 Å². The predicted octanol–water partition coefficient (Wildman–Crippen LogP) is 2.44. The van der Waals surface area contributed by atoms with E-state index in [0.717, 1.165) is 30.8 Å². The van der Waals surface area contributed by atoms with Gasteiger partial charge in [0.15, 0.2) is 23.1 Å². The van der Waals surface area contributed by atoms with Gasteiger partial charge in [-0.1, -0.05) is 0 Å². The molecule has 1 saturated carbocycles. The van der Waals surface area contributed by atoms with E-state index in [1.54, 1.807) is 29.4 Å². The Bertz CT molecular complexity index is 1270. The van der Waals surface area contributed by atoms with E-state index in [0.29, 0.717) is 29.3 Å². The predicted molar refractivity (Wildman–Crippen MR) is 115 cm³/mol. The molecule has 4 heterocycles. The minimum absolute atomic E-state index is 0.0252. The van der Waals surface area contributed by atoms with Crippen LogP contribution in [0.25, 0.3) is 22.6 Å². The minimum atomic E-state index is -0.532. The van der Waals surface area contributed by atoms with Gasteiger partial charge in [-0.15, -0.1) is 0 Å². The second-order valence-corrected chi connectivity index (χ2v) is 7.97. The van der Waals surface area contributed by atoms with Crippen LogP contribution < -0.4 is 10.6 Å². The third kappa shape index (κ3) is 4.01. The van der Waals surface area contributed by atoms with Crippen LogP contribution in [0.15, 0.2) is 37.1 Å². The van der Waals surface area contributed by atoms with E-state index >= 15 is 0 Å². The SMILES string of the molecule is Cn1cnc(C(=O)NC2CCCC(Nc3nc(-c4[nH]nc5ncccc45)ncc3F)C2)c1. The summed E-state index contributed by atoms with van der Waals surface area (Å²) < 4.78 is 16.2. The number of H-pyrrole nitrogens is 1. The molecule has 32 heavy (non-hydrogen) atoms. The van der Waals surface area contributed by atoms with Crippen LogP contribution in [0.5, 0.6) is 0 Å². The molecule has 0 radical (unpaired) electrons. The van der Waals surface area contributed by atoms with Crippen LogP contribution in [0.4, 0.5) is 10.2 Å². The number of carbonyl (C=O) groups is 1. The smallest absolute Gasteiger partial charge is 0.271 e. The topological polar surface area (TPSA) is 126 Å². The summed E-state index contributed by atoms with van der Waals surface area (Å²) in [6, 6.07) is 3.60. The molecular weight excluding hydrogens is 413 g/mol. The first-order valence-corrected chi connectivity index (χ1v) is 10.4. The van der Waals surface area contributed by atoms with Gasteiger partial charge in [-0.2, -0.15) is 5.10 Å². The Hall–Kier alpha value is -3.89. The van der Waals surface area contributed by atoms with Gasteiger partial charge < -0.3 is 15.2 Å². The highest BCUT2D eigenvalue weighted by Gasteiger charge is 2.25. The number of aromatic nitrogens is 7. The summed E-state index contributed by atoms with van der Waals surface area (Å²) in [7, 11) is 1.82. The van der Waals surface area contributed by atoms with Gasteiger partial charge in [0, 0.05) is 36.9 Å². The number of anilines is 1. The van der Waals surface area contributed by atoms with Crippen molar-refractivity contribution in [1.82, 2.24) is 40.0 Å². The van der Waals surface area contributed by atoms with Crippen molar-refractivity contribution in [2.24, 2.45) is 7.05 Å². The Morgan fingerprint density at radius 2 is 2.12 bits per heavy atom. The number of halogens is 1. The van der Waals surface area contributed by atoms with Crippen molar-refractivity contribution in [1.29, 1.82) is 0 Å². The van der Waals surface area contributed by atoms with E-state index in [-0.39, 0.29) is 23.8 Å². The first-order chi connectivity index (χ1) is 15.6. The zero-order valence-corrected chi connectivity index (χ0v) is 17.4. The number of nitrogens with zero attached hydrogens (tertiary/aromatic N) is 6. The number of fused-ring (bicyclic) bond motifs is 1. The highest BCUT2D eigenvalue weighted by atomic mass is 19.1. The fourth-order valence-electron chi connectivity index (χ4n) is 4.04. The minimum Gasteiger partial charge on any atom is -0.365 e. The fourth-order valence-corrected chi connectivity index (χ4v) is 4.04. The summed E-state index contributed by atoms with van der Waals surface area (Å²) in [5.74, 6) is -0.273. The average Bonchev–Trinajstić information content (AvgIpc) is 3.42.